The molecule has 0 aliphatic heterocycles. The highest BCUT2D eigenvalue weighted by Gasteiger charge is 2.09. The Morgan fingerprint density at radius 2 is 1.62 bits per heavy atom. The zero-order valence-electron chi connectivity index (χ0n) is 15.6. The van der Waals surface area contributed by atoms with Crippen molar-refractivity contribution in [1.82, 2.24) is 15.0 Å². The molecular weight excluding hydrogens is 322 g/mol. The number of hydrogen-bond donors (Lipinski definition) is 2. The van der Waals surface area contributed by atoms with Gasteiger partial charge in [0.15, 0.2) is 0 Å². The van der Waals surface area contributed by atoms with Gasteiger partial charge in [-0.25, -0.2) is 4.98 Å². The summed E-state index contributed by atoms with van der Waals surface area (Å²) in [5.41, 5.74) is 5.82. The van der Waals surface area contributed by atoms with Crippen molar-refractivity contribution in [2.45, 2.75) is 40.2 Å². The average molecular weight is 347 g/mol. The fourth-order valence-corrected chi connectivity index (χ4v) is 2.92. The Labute approximate surface area is 154 Å². The van der Waals surface area contributed by atoms with Gasteiger partial charge < -0.3 is 10.6 Å². The maximum Gasteiger partial charge on any atom is 0.225 e. The number of aryl methyl sites for hydroxylation is 3. The van der Waals surface area contributed by atoms with E-state index >= 15 is 0 Å². The molecule has 0 bridgehead atoms. The summed E-state index contributed by atoms with van der Waals surface area (Å²) >= 11 is 0. The van der Waals surface area contributed by atoms with E-state index in [1.807, 2.05) is 25.1 Å². The number of anilines is 3. The van der Waals surface area contributed by atoms with Crippen molar-refractivity contribution < 1.29 is 0 Å². The summed E-state index contributed by atoms with van der Waals surface area (Å²) in [7, 11) is 0. The van der Waals surface area contributed by atoms with Crippen molar-refractivity contribution >= 4 is 17.5 Å². The molecule has 2 aromatic heterocycles. The van der Waals surface area contributed by atoms with Crippen molar-refractivity contribution in [3.63, 3.8) is 0 Å². The van der Waals surface area contributed by atoms with E-state index in [1.165, 1.54) is 11.1 Å². The molecule has 0 atom stereocenters. The van der Waals surface area contributed by atoms with Crippen LogP contribution in [0.15, 0.2) is 48.8 Å². The monoisotopic (exact) mass is 347 g/mol. The van der Waals surface area contributed by atoms with E-state index in [9.17, 15) is 0 Å². The molecule has 134 valence electrons. The lowest BCUT2D eigenvalue weighted by Crippen LogP contribution is -2.07. The Morgan fingerprint density at radius 1 is 0.923 bits per heavy atom. The molecule has 3 aromatic rings. The van der Waals surface area contributed by atoms with E-state index in [0.717, 1.165) is 35.6 Å². The fourth-order valence-electron chi connectivity index (χ4n) is 2.92. The van der Waals surface area contributed by atoms with Crippen molar-refractivity contribution in [2.24, 2.45) is 0 Å². The number of nitrogens with one attached hydrogen (secondary N) is 2. The van der Waals surface area contributed by atoms with Crippen LogP contribution in [0.3, 0.4) is 0 Å². The molecule has 0 saturated carbocycles. The second-order valence-electron chi connectivity index (χ2n) is 6.21. The number of hydrogen-bond acceptors (Lipinski definition) is 5. The highest BCUT2D eigenvalue weighted by molar-refractivity contribution is 5.66. The van der Waals surface area contributed by atoms with E-state index in [-0.39, 0.29) is 0 Å². The predicted octanol–water partition coefficient (Wildman–Crippen LogP) is 4.66. The number of para-hydroxylation sites is 1. The molecule has 0 fully saturated rings. The lowest BCUT2D eigenvalue weighted by molar-refractivity contribution is 1.02. The Kier molecular flexibility index (Phi) is 5.79. The second kappa shape index (κ2) is 8.43. The molecule has 0 aliphatic rings. The summed E-state index contributed by atoms with van der Waals surface area (Å²) < 4.78 is 0. The van der Waals surface area contributed by atoms with Gasteiger partial charge in [0, 0.05) is 36.4 Å². The molecule has 5 nitrogen and oxygen atoms in total. The first-order valence-electron chi connectivity index (χ1n) is 9.05. The number of pyridine rings is 1. The minimum absolute atomic E-state index is 0.622. The molecule has 2 heterocycles. The number of nitrogens with zero attached hydrogens (tertiary/aromatic N) is 3. The first-order valence-corrected chi connectivity index (χ1v) is 9.05. The highest BCUT2D eigenvalue weighted by atomic mass is 15.1. The van der Waals surface area contributed by atoms with Gasteiger partial charge >= 0.3 is 0 Å². The van der Waals surface area contributed by atoms with Gasteiger partial charge in [-0.2, -0.15) is 4.98 Å². The third-order valence-corrected chi connectivity index (χ3v) is 4.31. The molecule has 3 rings (SSSR count). The minimum atomic E-state index is 0.622. The average Bonchev–Trinajstić information content (AvgIpc) is 2.67. The predicted molar refractivity (Wildman–Crippen MR) is 107 cm³/mol. The van der Waals surface area contributed by atoms with Gasteiger partial charge in [-0.05, 0) is 48.6 Å². The SMILES string of the molecule is CCc1cccc(CC)c1Nc1cc(C)nc(NCc2ccncc2)n1. The molecule has 0 aliphatic carbocycles. The molecule has 0 saturated heterocycles. The van der Waals surface area contributed by atoms with Crippen LogP contribution in [-0.4, -0.2) is 15.0 Å². The molecule has 0 unspecified atom stereocenters. The summed E-state index contributed by atoms with van der Waals surface area (Å²) in [6.45, 7) is 6.99. The van der Waals surface area contributed by atoms with Crippen LogP contribution in [0.5, 0.6) is 0 Å². The summed E-state index contributed by atoms with van der Waals surface area (Å²) in [5.74, 6) is 1.43. The molecular formula is C21H25N5. The van der Waals surface area contributed by atoms with E-state index in [0.29, 0.717) is 12.5 Å². The zero-order chi connectivity index (χ0) is 18.4. The number of aromatic nitrogens is 3. The van der Waals surface area contributed by atoms with Crippen LogP contribution < -0.4 is 10.6 Å². The maximum atomic E-state index is 4.65. The van der Waals surface area contributed by atoms with Crippen molar-refractivity contribution in [3.05, 3.63) is 71.2 Å². The van der Waals surface area contributed by atoms with Crippen molar-refractivity contribution in [3.8, 4) is 0 Å². The van der Waals surface area contributed by atoms with E-state index in [2.05, 4.69) is 57.6 Å². The fraction of sp³-hybridized carbons (Fsp3) is 0.286. The van der Waals surface area contributed by atoms with Crippen LogP contribution in [0, 0.1) is 6.92 Å². The van der Waals surface area contributed by atoms with Crippen LogP contribution in [0.1, 0.15) is 36.2 Å². The molecule has 26 heavy (non-hydrogen) atoms. The number of rotatable bonds is 7. The quantitative estimate of drug-likeness (QED) is 0.651. The zero-order valence-corrected chi connectivity index (χ0v) is 15.6. The summed E-state index contributed by atoms with van der Waals surface area (Å²) in [5, 5.41) is 6.82. The Morgan fingerprint density at radius 3 is 2.27 bits per heavy atom. The minimum Gasteiger partial charge on any atom is -0.350 e. The smallest absolute Gasteiger partial charge is 0.225 e. The van der Waals surface area contributed by atoms with Crippen LogP contribution in [0.25, 0.3) is 0 Å². The first-order chi connectivity index (χ1) is 12.7. The van der Waals surface area contributed by atoms with Gasteiger partial charge in [0.1, 0.15) is 5.82 Å². The van der Waals surface area contributed by atoms with Gasteiger partial charge in [0.05, 0.1) is 0 Å². The molecule has 0 amide bonds. The first kappa shape index (κ1) is 17.9. The van der Waals surface area contributed by atoms with Crippen LogP contribution >= 0.6 is 0 Å². The lowest BCUT2D eigenvalue weighted by Gasteiger charge is -2.16. The largest absolute Gasteiger partial charge is 0.350 e. The van der Waals surface area contributed by atoms with Crippen molar-refractivity contribution in [2.75, 3.05) is 10.6 Å². The van der Waals surface area contributed by atoms with Crippen molar-refractivity contribution in [1.29, 1.82) is 0 Å². The lowest BCUT2D eigenvalue weighted by atomic mass is 10.0. The van der Waals surface area contributed by atoms with E-state index in [1.54, 1.807) is 12.4 Å². The molecule has 5 heteroatoms. The van der Waals surface area contributed by atoms with Gasteiger partial charge in [-0.3, -0.25) is 4.98 Å². The molecule has 0 radical (unpaired) electrons. The maximum absolute atomic E-state index is 4.65. The normalized spacial score (nSPS) is 10.6. The van der Waals surface area contributed by atoms with Crippen LogP contribution in [0.2, 0.25) is 0 Å². The number of benzene rings is 1. The summed E-state index contributed by atoms with van der Waals surface area (Å²) in [6.07, 6.45) is 5.53. The highest BCUT2D eigenvalue weighted by Crippen LogP contribution is 2.26. The van der Waals surface area contributed by atoms with Crippen LogP contribution in [-0.2, 0) is 19.4 Å². The van der Waals surface area contributed by atoms with Gasteiger partial charge in [0.2, 0.25) is 5.95 Å². The van der Waals surface area contributed by atoms with E-state index < -0.39 is 0 Å². The topological polar surface area (TPSA) is 62.7 Å². The summed E-state index contributed by atoms with van der Waals surface area (Å²) in [6, 6.07) is 12.4. The Balaban J connectivity index is 1.82. The molecule has 2 N–H and O–H groups in total. The standard InChI is InChI=1S/C21H25N5/c1-4-17-7-6-8-18(5-2)20(17)25-19-13-15(3)24-21(26-19)23-14-16-9-11-22-12-10-16/h6-13H,4-5,14H2,1-3H3,(H2,23,24,25,26). The second-order valence-corrected chi connectivity index (χ2v) is 6.21. The van der Waals surface area contributed by atoms with Gasteiger partial charge in [-0.15, -0.1) is 0 Å². The third-order valence-electron chi connectivity index (χ3n) is 4.31. The van der Waals surface area contributed by atoms with E-state index in [4.69, 9.17) is 0 Å². The molecule has 0 spiro atoms. The van der Waals surface area contributed by atoms with Gasteiger partial charge in [-0.1, -0.05) is 32.0 Å². The summed E-state index contributed by atoms with van der Waals surface area (Å²) in [4.78, 5) is 13.2. The Bertz CT molecular complexity index is 839. The van der Waals surface area contributed by atoms with Crippen LogP contribution in [0.4, 0.5) is 17.5 Å². The molecule has 1 aromatic carbocycles. The Hall–Kier alpha value is -2.95. The van der Waals surface area contributed by atoms with Gasteiger partial charge in [0.25, 0.3) is 0 Å². The third kappa shape index (κ3) is 4.36.